The van der Waals surface area contributed by atoms with Gasteiger partial charge in [0, 0.05) is 29.2 Å². The van der Waals surface area contributed by atoms with Crippen molar-refractivity contribution < 1.29 is 9.47 Å². The van der Waals surface area contributed by atoms with E-state index in [2.05, 4.69) is 5.32 Å². The summed E-state index contributed by atoms with van der Waals surface area (Å²) in [5, 5.41) is 4.57. The van der Waals surface area contributed by atoms with Crippen LogP contribution in [0.2, 0.25) is 5.02 Å². The second kappa shape index (κ2) is 6.76. The number of nitrogens with one attached hydrogen (secondary N) is 1. The van der Waals surface area contributed by atoms with Crippen LogP contribution in [0.5, 0.6) is 11.5 Å². The highest BCUT2D eigenvalue weighted by atomic mass is 35.5. The van der Waals surface area contributed by atoms with Crippen molar-refractivity contribution in [3.05, 3.63) is 22.7 Å². The summed E-state index contributed by atoms with van der Waals surface area (Å²) in [7, 11) is 1.67. The van der Waals surface area contributed by atoms with Crippen molar-refractivity contribution in [2.24, 2.45) is 23.7 Å². The fourth-order valence-corrected chi connectivity index (χ4v) is 5.93. The molecule has 0 radical (unpaired) electrons. The Morgan fingerprint density at radius 1 is 1.08 bits per heavy atom. The number of rotatable bonds is 6. The zero-order valence-corrected chi connectivity index (χ0v) is 15.4. The summed E-state index contributed by atoms with van der Waals surface area (Å²) in [6.45, 7) is 3.44. The van der Waals surface area contributed by atoms with Gasteiger partial charge in [-0.05, 0) is 68.8 Å². The zero-order chi connectivity index (χ0) is 16.7. The lowest BCUT2D eigenvalue weighted by molar-refractivity contribution is -0.0143. The van der Waals surface area contributed by atoms with Gasteiger partial charge in [0.25, 0.3) is 0 Å². The Morgan fingerprint density at radius 2 is 1.75 bits per heavy atom. The first-order valence-electron chi connectivity index (χ1n) is 9.40. The summed E-state index contributed by atoms with van der Waals surface area (Å²) in [6.07, 6.45) is 7.23. The van der Waals surface area contributed by atoms with Crippen LogP contribution in [0.15, 0.2) is 12.1 Å². The molecule has 0 spiro atoms. The molecular weight excluding hydrogens is 322 g/mol. The lowest BCUT2D eigenvalue weighted by Crippen LogP contribution is -2.54. The number of halogens is 1. The lowest BCUT2D eigenvalue weighted by Gasteiger charge is -2.54. The largest absolute Gasteiger partial charge is 0.493 e. The minimum absolute atomic E-state index is 0.628. The molecule has 4 saturated carbocycles. The minimum atomic E-state index is 0.628. The third kappa shape index (κ3) is 3.01. The van der Waals surface area contributed by atoms with Gasteiger partial charge >= 0.3 is 0 Å². The molecule has 24 heavy (non-hydrogen) atoms. The average molecular weight is 350 g/mol. The van der Waals surface area contributed by atoms with E-state index in [9.17, 15) is 0 Å². The molecule has 4 heteroatoms. The van der Waals surface area contributed by atoms with Crippen molar-refractivity contribution in [3.8, 4) is 11.5 Å². The van der Waals surface area contributed by atoms with E-state index >= 15 is 0 Å². The predicted molar refractivity (Wildman–Crippen MR) is 96.8 cm³/mol. The molecule has 4 bridgehead atoms. The molecule has 0 aromatic heterocycles. The molecule has 4 aliphatic rings. The summed E-state index contributed by atoms with van der Waals surface area (Å²) in [6, 6.07) is 4.51. The molecule has 4 fully saturated rings. The van der Waals surface area contributed by atoms with Gasteiger partial charge in [0.05, 0.1) is 13.7 Å². The first-order chi connectivity index (χ1) is 11.7. The van der Waals surface area contributed by atoms with Crippen LogP contribution in [0, 0.1) is 23.7 Å². The molecule has 1 N–H and O–H groups in total. The lowest BCUT2D eigenvalue weighted by atomic mass is 9.54. The van der Waals surface area contributed by atoms with Gasteiger partial charge < -0.3 is 14.8 Å². The Morgan fingerprint density at radius 3 is 2.33 bits per heavy atom. The highest BCUT2D eigenvalue weighted by molar-refractivity contribution is 6.30. The van der Waals surface area contributed by atoms with Gasteiger partial charge in [-0.3, -0.25) is 0 Å². The minimum Gasteiger partial charge on any atom is -0.493 e. The molecule has 0 unspecified atom stereocenters. The molecule has 0 amide bonds. The monoisotopic (exact) mass is 349 g/mol. The van der Waals surface area contributed by atoms with E-state index in [1.807, 2.05) is 19.1 Å². The normalized spacial score (nSPS) is 33.7. The Kier molecular flexibility index (Phi) is 4.66. The summed E-state index contributed by atoms with van der Waals surface area (Å²) in [4.78, 5) is 0. The molecule has 132 valence electrons. The van der Waals surface area contributed by atoms with E-state index in [0.29, 0.717) is 17.7 Å². The van der Waals surface area contributed by atoms with E-state index in [1.54, 1.807) is 7.11 Å². The van der Waals surface area contributed by atoms with Crippen LogP contribution < -0.4 is 14.8 Å². The Bertz CT molecular complexity index is 576. The van der Waals surface area contributed by atoms with Crippen LogP contribution in [0.1, 0.15) is 44.6 Å². The van der Waals surface area contributed by atoms with Gasteiger partial charge in [-0.2, -0.15) is 0 Å². The standard InChI is InChI=1S/C20H28ClNO2/c1-3-24-20-16(9-17(21)10-18(20)23-2)11-22-19-14-5-12-4-13(7-14)8-15(19)6-12/h9-10,12-15,19,22H,3-8,11H2,1-2H3. The second-order valence-corrected chi connectivity index (χ2v) is 8.30. The summed E-state index contributed by atoms with van der Waals surface area (Å²) in [5.74, 6) is 5.33. The van der Waals surface area contributed by atoms with Gasteiger partial charge in [0.15, 0.2) is 11.5 Å². The molecule has 0 atom stereocenters. The molecule has 4 aliphatic carbocycles. The van der Waals surface area contributed by atoms with E-state index in [1.165, 1.54) is 32.1 Å². The Balaban J connectivity index is 1.50. The number of methoxy groups -OCH3 is 1. The van der Waals surface area contributed by atoms with Crippen LogP contribution in [-0.2, 0) is 6.54 Å². The molecule has 3 nitrogen and oxygen atoms in total. The van der Waals surface area contributed by atoms with Crippen molar-refractivity contribution in [2.75, 3.05) is 13.7 Å². The van der Waals surface area contributed by atoms with Crippen molar-refractivity contribution >= 4 is 11.6 Å². The second-order valence-electron chi connectivity index (χ2n) is 7.87. The third-order valence-electron chi connectivity index (χ3n) is 6.36. The van der Waals surface area contributed by atoms with Crippen LogP contribution in [0.4, 0.5) is 0 Å². The fraction of sp³-hybridized carbons (Fsp3) is 0.700. The molecule has 0 aliphatic heterocycles. The van der Waals surface area contributed by atoms with Crippen LogP contribution in [0.25, 0.3) is 0 Å². The topological polar surface area (TPSA) is 30.5 Å². The molecule has 1 aromatic carbocycles. The smallest absolute Gasteiger partial charge is 0.165 e. The van der Waals surface area contributed by atoms with Gasteiger partial charge in [0.1, 0.15) is 0 Å². The number of ether oxygens (including phenoxy) is 2. The summed E-state index contributed by atoms with van der Waals surface area (Å²) >= 11 is 6.28. The van der Waals surface area contributed by atoms with Gasteiger partial charge in [-0.25, -0.2) is 0 Å². The Labute approximate surface area is 150 Å². The van der Waals surface area contributed by atoms with Crippen molar-refractivity contribution in [1.82, 2.24) is 5.32 Å². The highest BCUT2D eigenvalue weighted by Gasteiger charge is 2.47. The third-order valence-corrected chi connectivity index (χ3v) is 6.58. The maximum absolute atomic E-state index is 6.28. The van der Waals surface area contributed by atoms with E-state index in [0.717, 1.165) is 47.3 Å². The van der Waals surface area contributed by atoms with E-state index in [4.69, 9.17) is 21.1 Å². The summed E-state index contributed by atoms with van der Waals surface area (Å²) < 4.78 is 11.3. The predicted octanol–water partition coefficient (Wildman–Crippen LogP) is 4.66. The zero-order valence-electron chi connectivity index (χ0n) is 14.7. The maximum Gasteiger partial charge on any atom is 0.165 e. The van der Waals surface area contributed by atoms with Gasteiger partial charge in [-0.15, -0.1) is 0 Å². The quantitative estimate of drug-likeness (QED) is 0.810. The van der Waals surface area contributed by atoms with Crippen LogP contribution >= 0.6 is 11.6 Å². The number of hydrogen-bond donors (Lipinski definition) is 1. The number of hydrogen-bond acceptors (Lipinski definition) is 3. The Hall–Kier alpha value is -0.930. The first kappa shape index (κ1) is 16.5. The highest BCUT2D eigenvalue weighted by Crippen LogP contribution is 2.53. The summed E-state index contributed by atoms with van der Waals surface area (Å²) in [5.41, 5.74) is 1.11. The van der Waals surface area contributed by atoms with Crippen LogP contribution in [0.3, 0.4) is 0 Å². The van der Waals surface area contributed by atoms with Gasteiger partial charge in [-0.1, -0.05) is 11.6 Å². The maximum atomic E-state index is 6.28. The van der Waals surface area contributed by atoms with Crippen molar-refractivity contribution in [1.29, 1.82) is 0 Å². The SMILES string of the molecule is CCOc1c(CNC2C3CC4CC(C3)CC2C4)cc(Cl)cc1OC. The fourth-order valence-electron chi connectivity index (χ4n) is 5.70. The van der Waals surface area contributed by atoms with E-state index in [-0.39, 0.29) is 0 Å². The van der Waals surface area contributed by atoms with Crippen LogP contribution in [-0.4, -0.2) is 19.8 Å². The van der Waals surface area contributed by atoms with Gasteiger partial charge in [0.2, 0.25) is 0 Å². The molecule has 0 heterocycles. The molecule has 1 aromatic rings. The molecule has 0 saturated heterocycles. The molecular formula is C20H28ClNO2. The first-order valence-corrected chi connectivity index (χ1v) is 9.78. The average Bonchev–Trinajstić information content (AvgIpc) is 2.55. The number of benzene rings is 1. The van der Waals surface area contributed by atoms with Crippen molar-refractivity contribution in [2.45, 2.75) is 51.6 Å². The molecule has 5 rings (SSSR count). The van der Waals surface area contributed by atoms with Crippen molar-refractivity contribution in [3.63, 3.8) is 0 Å². The van der Waals surface area contributed by atoms with E-state index < -0.39 is 0 Å².